The first kappa shape index (κ1) is 22.5. The molecule has 2 aromatic rings. The first-order chi connectivity index (χ1) is 14.5. The number of rotatable bonds is 5. The number of benzene rings is 1. The fourth-order valence-corrected chi connectivity index (χ4v) is 3.43. The van der Waals surface area contributed by atoms with Gasteiger partial charge in [-0.1, -0.05) is 0 Å². The highest BCUT2D eigenvalue weighted by molar-refractivity contribution is 5.90. The summed E-state index contributed by atoms with van der Waals surface area (Å²) in [5.41, 5.74) is -0.726. The molecule has 0 aliphatic carbocycles. The summed E-state index contributed by atoms with van der Waals surface area (Å²) in [6.45, 7) is 5.31. The number of aliphatic carboxylic acids is 1. The van der Waals surface area contributed by atoms with E-state index in [-0.39, 0.29) is 13.0 Å². The number of fused-ring (bicyclic) bond motifs is 1. The maximum Gasteiger partial charge on any atom is 0.411 e. The summed E-state index contributed by atoms with van der Waals surface area (Å²) < 4.78 is 16.8. The van der Waals surface area contributed by atoms with Crippen molar-refractivity contribution in [2.75, 3.05) is 32.6 Å². The average Bonchev–Trinajstić information content (AvgIpc) is 3.10. The lowest BCUT2D eigenvalue weighted by molar-refractivity contribution is -0.142. The van der Waals surface area contributed by atoms with E-state index in [1.807, 2.05) is 43.3 Å². The Bertz CT molecular complexity index is 985. The highest BCUT2D eigenvalue weighted by atomic mass is 16.6. The molecule has 0 spiro atoms. The van der Waals surface area contributed by atoms with E-state index in [1.54, 1.807) is 27.9 Å². The van der Waals surface area contributed by atoms with Crippen molar-refractivity contribution in [2.45, 2.75) is 44.9 Å². The molecule has 0 unspecified atom stereocenters. The van der Waals surface area contributed by atoms with Crippen molar-refractivity contribution in [3.63, 3.8) is 0 Å². The van der Waals surface area contributed by atoms with E-state index in [1.165, 1.54) is 4.90 Å². The number of pyridine rings is 1. The van der Waals surface area contributed by atoms with Gasteiger partial charge in [0.25, 0.3) is 0 Å². The molecule has 1 aliphatic rings. The first-order valence-electron chi connectivity index (χ1n) is 10.0. The highest BCUT2D eigenvalue weighted by Gasteiger charge is 2.43. The van der Waals surface area contributed by atoms with E-state index in [0.717, 1.165) is 10.8 Å². The van der Waals surface area contributed by atoms with Crippen molar-refractivity contribution in [1.29, 1.82) is 0 Å². The molecule has 1 aromatic heterocycles. The zero-order chi connectivity index (χ0) is 22.9. The zero-order valence-corrected chi connectivity index (χ0v) is 18.7. The number of likely N-dealkylation sites (tertiary alicyclic amines) is 1. The second kappa shape index (κ2) is 8.49. The number of aromatic nitrogens is 1. The maximum absolute atomic E-state index is 12.5. The van der Waals surface area contributed by atoms with Crippen molar-refractivity contribution in [2.24, 2.45) is 0 Å². The van der Waals surface area contributed by atoms with Gasteiger partial charge in [0.1, 0.15) is 29.3 Å². The Labute approximate surface area is 181 Å². The highest BCUT2D eigenvalue weighted by Crippen LogP contribution is 2.33. The number of carboxylic acid groups (broad SMARTS) is 1. The van der Waals surface area contributed by atoms with Gasteiger partial charge in [-0.15, -0.1) is 0 Å². The number of ether oxygens (including phenoxy) is 3. The Morgan fingerprint density at radius 2 is 1.94 bits per heavy atom. The molecule has 2 atom stereocenters. The molecule has 31 heavy (non-hydrogen) atoms. The number of amides is 1. The third kappa shape index (κ3) is 5.10. The summed E-state index contributed by atoms with van der Waals surface area (Å²) >= 11 is 0. The van der Waals surface area contributed by atoms with Crippen LogP contribution in [0.15, 0.2) is 24.3 Å². The predicted molar refractivity (Wildman–Crippen MR) is 116 cm³/mol. The second-order valence-electron chi connectivity index (χ2n) is 8.73. The fraction of sp³-hybridized carbons (Fsp3) is 0.500. The molecule has 1 saturated heterocycles. The number of hydrogen-bond donors (Lipinski definition) is 1. The van der Waals surface area contributed by atoms with E-state index in [2.05, 4.69) is 4.98 Å². The van der Waals surface area contributed by atoms with Crippen LogP contribution in [0.5, 0.6) is 11.6 Å². The molecule has 1 N–H and O–H groups in total. The molecule has 168 valence electrons. The second-order valence-corrected chi connectivity index (χ2v) is 8.73. The van der Waals surface area contributed by atoms with Crippen molar-refractivity contribution in [3.05, 3.63) is 24.3 Å². The Morgan fingerprint density at radius 1 is 1.23 bits per heavy atom. The molecular formula is C22H29N3O6. The van der Waals surface area contributed by atoms with Crippen LogP contribution < -0.4 is 14.4 Å². The van der Waals surface area contributed by atoms with E-state index in [4.69, 9.17) is 14.2 Å². The molecule has 2 heterocycles. The molecule has 3 rings (SSSR count). The SMILES string of the molecule is COc1ccc2c(O[C@@H]3C[C@@H](C(=O)O)N(C(=O)OC(C)(C)C)C3)nc(N(C)C)cc2c1. The Kier molecular flexibility index (Phi) is 6.15. The third-order valence-electron chi connectivity index (χ3n) is 4.90. The lowest BCUT2D eigenvalue weighted by Crippen LogP contribution is -2.43. The molecule has 0 radical (unpaired) electrons. The molecular weight excluding hydrogens is 402 g/mol. The third-order valence-corrected chi connectivity index (χ3v) is 4.90. The van der Waals surface area contributed by atoms with E-state index < -0.39 is 29.8 Å². The minimum atomic E-state index is -1.10. The monoisotopic (exact) mass is 431 g/mol. The van der Waals surface area contributed by atoms with Crippen LogP contribution in [-0.4, -0.2) is 72.5 Å². The minimum Gasteiger partial charge on any atom is -0.497 e. The van der Waals surface area contributed by atoms with Gasteiger partial charge < -0.3 is 24.2 Å². The number of carboxylic acids is 1. The summed E-state index contributed by atoms with van der Waals surface area (Å²) in [5.74, 6) is 0.676. The number of hydrogen-bond acceptors (Lipinski definition) is 7. The quantitative estimate of drug-likeness (QED) is 0.770. The van der Waals surface area contributed by atoms with Gasteiger partial charge in [0.05, 0.1) is 13.7 Å². The molecule has 0 saturated carbocycles. The van der Waals surface area contributed by atoms with Crippen LogP contribution in [0.25, 0.3) is 10.8 Å². The molecule has 0 bridgehead atoms. The summed E-state index contributed by atoms with van der Waals surface area (Å²) in [5, 5.41) is 11.3. The number of nitrogens with zero attached hydrogens (tertiary/aromatic N) is 3. The molecule has 1 amide bonds. The van der Waals surface area contributed by atoms with Crippen LogP contribution in [0.1, 0.15) is 27.2 Å². The van der Waals surface area contributed by atoms with Crippen molar-refractivity contribution in [1.82, 2.24) is 9.88 Å². The van der Waals surface area contributed by atoms with Gasteiger partial charge in [-0.3, -0.25) is 4.90 Å². The summed E-state index contributed by atoms with van der Waals surface area (Å²) in [4.78, 5) is 32.0. The van der Waals surface area contributed by atoms with Crippen LogP contribution in [0, 0.1) is 0 Å². The minimum absolute atomic E-state index is 0.0946. The normalized spacial score (nSPS) is 18.7. The van der Waals surface area contributed by atoms with E-state index in [9.17, 15) is 14.7 Å². The van der Waals surface area contributed by atoms with Crippen LogP contribution in [-0.2, 0) is 9.53 Å². The van der Waals surface area contributed by atoms with E-state index in [0.29, 0.717) is 17.4 Å². The number of carbonyl (C=O) groups excluding carboxylic acids is 1. The molecule has 9 heteroatoms. The zero-order valence-electron chi connectivity index (χ0n) is 18.7. The lowest BCUT2D eigenvalue weighted by Gasteiger charge is -2.26. The van der Waals surface area contributed by atoms with Crippen molar-refractivity contribution < 1.29 is 28.9 Å². The summed E-state index contributed by atoms with van der Waals surface area (Å²) in [6.07, 6.45) is -1.07. The molecule has 1 aromatic carbocycles. The van der Waals surface area contributed by atoms with Crippen molar-refractivity contribution >= 4 is 28.7 Å². The average molecular weight is 431 g/mol. The van der Waals surface area contributed by atoms with Gasteiger partial charge in [-0.05, 0) is 50.4 Å². The van der Waals surface area contributed by atoms with Gasteiger partial charge >= 0.3 is 12.1 Å². The van der Waals surface area contributed by atoms with Gasteiger partial charge in [0.15, 0.2) is 0 Å². The maximum atomic E-state index is 12.5. The number of methoxy groups -OCH3 is 1. The summed E-state index contributed by atoms with van der Waals surface area (Å²) in [7, 11) is 5.35. The van der Waals surface area contributed by atoms with Gasteiger partial charge in [0, 0.05) is 25.9 Å². The standard InChI is InChI=1S/C22H29N3O6/c1-22(2,3)31-21(28)25-12-15(11-17(25)20(26)27)30-19-16-8-7-14(29-6)9-13(16)10-18(23-19)24(4)5/h7-10,15,17H,11-12H2,1-6H3,(H,26,27)/t15-,17+/m1/s1. The van der Waals surface area contributed by atoms with E-state index >= 15 is 0 Å². The van der Waals surface area contributed by atoms with Crippen LogP contribution in [0.2, 0.25) is 0 Å². The summed E-state index contributed by atoms with van der Waals surface area (Å²) in [6, 6.07) is 6.45. The molecule has 1 aliphatic heterocycles. The topological polar surface area (TPSA) is 101 Å². The Hall–Kier alpha value is -3.23. The van der Waals surface area contributed by atoms with Gasteiger partial charge in [-0.25, -0.2) is 9.59 Å². The molecule has 1 fully saturated rings. The molecule has 9 nitrogen and oxygen atoms in total. The Morgan fingerprint density at radius 3 is 2.52 bits per heavy atom. The first-order valence-corrected chi connectivity index (χ1v) is 10.0. The lowest BCUT2D eigenvalue weighted by atomic mass is 10.1. The van der Waals surface area contributed by atoms with Crippen molar-refractivity contribution in [3.8, 4) is 11.6 Å². The Balaban J connectivity index is 1.91. The van der Waals surface area contributed by atoms with Gasteiger partial charge in [0.2, 0.25) is 5.88 Å². The number of carbonyl (C=O) groups is 2. The predicted octanol–water partition coefficient (Wildman–Crippen LogP) is 3.15. The van der Waals surface area contributed by atoms with Gasteiger partial charge in [-0.2, -0.15) is 4.98 Å². The largest absolute Gasteiger partial charge is 0.497 e. The number of anilines is 1. The van der Waals surface area contributed by atoms with Crippen LogP contribution >= 0.6 is 0 Å². The fourth-order valence-electron chi connectivity index (χ4n) is 3.43. The van der Waals surface area contributed by atoms with Crippen LogP contribution in [0.3, 0.4) is 0 Å². The van der Waals surface area contributed by atoms with Crippen LogP contribution in [0.4, 0.5) is 10.6 Å². The smallest absolute Gasteiger partial charge is 0.411 e.